The highest BCUT2D eigenvalue weighted by molar-refractivity contribution is 6.30. The van der Waals surface area contributed by atoms with Gasteiger partial charge in [0.2, 0.25) is 0 Å². The average molecular weight is 334 g/mol. The fourth-order valence-electron chi connectivity index (χ4n) is 2.75. The lowest BCUT2D eigenvalue weighted by Gasteiger charge is -2.18. The second-order valence-corrected chi connectivity index (χ2v) is 6.27. The minimum atomic E-state index is -1.04. The molecule has 0 atom stereocenters. The molecule has 2 aromatic rings. The quantitative estimate of drug-likeness (QED) is 0.880. The Hall–Kier alpha value is -2.27. The largest absolute Gasteiger partial charge is 0.481 e. The third-order valence-electron chi connectivity index (χ3n) is 4.07. The molecule has 0 aliphatic heterocycles. The summed E-state index contributed by atoms with van der Waals surface area (Å²) in [7, 11) is 0. The maximum Gasteiger partial charge on any atom is 0.311 e. The van der Waals surface area contributed by atoms with Crippen molar-refractivity contribution in [2.75, 3.05) is 0 Å². The van der Waals surface area contributed by atoms with Crippen LogP contribution in [0, 0.1) is 6.92 Å². The topological polar surface area (TPSA) is 79.5 Å². The summed E-state index contributed by atoms with van der Waals surface area (Å²) in [6.07, 6.45) is 2.74. The number of carbonyl (C=O) groups is 2. The van der Waals surface area contributed by atoms with Crippen LogP contribution in [0.2, 0.25) is 5.02 Å². The predicted molar refractivity (Wildman–Crippen MR) is 84.6 cm³/mol. The van der Waals surface area contributed by atoms with Gasteiger partial charge in [-0.3, -0.25) is 9.59 Å². The van der Waals surface area contributed by atoms with Crippen molar-refractivity contribution in [2.24, 2.45) is 0 Å². The van der Waals surface area contributed by atoms with Crippen molar-refractivity contribution in [3.05, 3.63) is 58.0 Å². The zero-order valence-corrected chi connectivity index (χ0v) is 13.3. The van der Waals surface area contributed by atoms with Crippen LogP contribution in [0.1, 0.15) is 40.1 Å². The molecule has 2 N–H and O–H groups in total. The van der Waals surface area contributed by atoms with E-state index in [0.29, 0.717) is 16.1 Å². The van der Waals surface area contributed by atoms with Crippen molar-refractivity contribution in [1.82, 2.24) is 5.32 Å². The Morgan fingerprint density at radius 2 is 2.13 bits per heavy atom. The van der Waals surface area contributed by atoms with E-state index in [1.54, 1.807) is 13.0 Å². The van der Waals surface area contributed by atoms with Gasteiger partial charge in [0.1, 0.15) is 12.2 Å². The van der Waals surface area contributed by atoms with Crippen LogP contribution >= 0.6 is 11.6 Å². The Labute approximate surface area is 138 Å². The van der Waals surface area contributed by atoms with E-state index in [9.17, 15) is 9.59 Å². The molecule has 3 rings (SSSR count). The van der Waals surface area contributed by atoms with Crippen LogP contribution in [-0.2, 0) is 16.8 Å². The fraction of sp³-hybridized carbons (Fsp3) is 0.294. The van der Waals surface area contributed by atoms with E-state index in [-0.39, 0.29) is 18.1 Å². The minimum absolute atomic E-state index is 0.175. The summed E-state index contributed by atoms with van der Waals surface area (Å²) in [5.41, 5.74) is 1.47. The van der Waals surface area contributed by atoms with Crippen LogP contribution in [0.5, 0.6) is 0 Å². The SMILES string of the molecule is Cc1coc(CC(=O)O)c1C(=O)NC1(c2cccc(Cl)c2)CC1. The first kappa shape index (κ1) is 15.6. The number of aryl methyl sites for hydroxylation is 1. The normalized spacial score (nSPS) is 15.2. The fourth-order valence-corrected chi connectivity index (χ4v) is 2.94. The zero-order chi connectivity index (χ0) is 16.6. The summed E-state index contributed by atoms with van der Waals surface area (Å²) in [6, 6.07) is 7.41. The van der Waals surface area contributed by atoms with Crippen LogP contribution in [0.15, 0.2) is 34.9 Å². The molecule has 23 heavy (non-hydrogen) atoms. The van der Waals surface area contributed by atoms with Gasteiger partial charge in [0.25, 0.3) is 5.91 Å². The molecule has 0 spiro atoms. The highest BCUT2D eigenvalue weighted by atomic mass is 35.5. The molecule has 5 nitrogen and oxygen atoms in total. The molecule has 1 fully saturated rings. The number of halogens is 1. The zero-order valence-electron chi connectivity index (χ0n) is 12.6. The number of hydrogen-bond donors (Lipinski definition) is 2. The second-order valence-electron chi connectivity index (χ2n) is 5.83. The van der Waals surface area contributed by atoms with Gasteiger partial charge < -0.3 is 14.8 Å². The van der Waals surface area contributed by atoms with Crippen molar-refractivity contribution in [3.8, 4) is 0 Å². The smallest absolute Gasteiger partial charge is 0.311 e. The molecule has 1 aliphatic rings. The molecule has 1 saturated carbocycles. The summed E-state index contributed by atoms with van der Waals surface area (Å²) in [5, 5.41) is 12.6. The highest BCUT2D eigenvalue weighted by Gasteiger charge is 2.46. The van der Waals surface area contributed by atoms with Gasteiger partial charge in [-0.2, -0.15) is 0 Å². The lowest BCUT2D eigenvalue weighted by atomic mass is 10.0. The molecule has 1 aliphatic carbocycles. The first-order valence-electron chi connectivity index (χ1n) is 7.28. The van der Waals surface area contributed by atoms with Crippen LogP contribution in [-0.4, -0.2) is 17.0 Å². The van der Waals surface area contributed by atoms with Crippen molar-refractivity contribution in [3.63, 3.8) is 0 Å². The van der Waals surface area contributed by atoms with Crippen molar-refractivity contribution in [1.29, 1.82) is 0 Å². The Kier molecular flexibility index (Phi) is 3.90. The molecule has 0 radical (unpaired) electrons. The van der Waals surface area contributed by atoms with Crippen LogP contribution in [0.4, 0.5) is 0 Å². The number of furan rings is 1. The molecule has 0 bridgehead atoms. The monoisotopic (exact) mass is 333 g/mol. The maximum atomic E-state index is 12.6. The van der Waals surface area contributed by atoms with Crippen molar-refractivity contribution in [2.45, 2.75) is 31.7 Å². The van der Waals surface area contributed by atoms with Crippen LogP contribution < -0.4 is 5.32 Å². The Morgan fingerprint density at radius 3 is 2.74 bits per heavy atom. The number of carboxylic acids is 1. The lowest BCUT2D eigenvalue weighted by Crippen LogP contribution is -2.35. The van der Waals surface area contributed by atoms with E-state index in [4.69, 9.17) is 21.1 Å². The lowest BCUT2D eigenvalue weighted by molar-refractivity contribution is -0.136. The van der Waals surface area contributed by atoms with Gasteiger partial charge in [-0.1, -0.05) is 23.7 Å². The average Bonchev–Trinajstić information content (AvgIpc) is 3.16. The Balaban J connectivity index is 1.85. The number of nitrogens with one attached hydrogen (secondary N) is 1. The number of hydrogen-bond acceptors (Lipinski definition) is 3. The second kappa shape index (κ2) is 5.74. The van der Waals surface area contributed by atoms with E-state index in [1.807, 2.05) is 18.2 Å². The number of carboxylic acid groups (broad SMARTS) is 1. The summed E-state index contributed by atoms with van der Waals surface area (Å²) < 4.78 is 5.22. The molecule has 1 aromatic heterocycles. The van der Waals surface area contributed by atoms with E-state index >= 15 is 0 Å². The van der Waals surface area contributed by atoms with E-state index in [1.165, 1.54) is 6.26 Å². The van der Waals surface area contributed by atoms with Gasteiger partial charge in [0.05, 0.1) is 17.4 Å². The first-order valence-corrected chi connectivity index (χ1v) is 7.66. The standard InChI is InChI=1S/C17H16ClNO4/c1-10-9-23-13(8-14(20)21)15(10)16(22)19-17(5-6-17)11-3-2-4-12(18)7-11/h2-4,7,9H,5-6,8H2,1H3,(H,19,22)(H,20,21). The Bertz CT molecular complexity index is 777. The van der Waals surface area contributed by atoms with Gasteiger partial charge in [-0.05, 0) is 37.5 Å². The van der Waals surface area contributed by atoms with Crippen molar-refractivity contribution >= 4 is 23.5 Å². The maximum absolute atomic E-state index is 12.6. The minimum Gasteiger partial charge on any atom is -0.481 e. The molecular weight excluding hydrogens is 318 g/mol. The number of aliphatic carboxylic acids is 1. The van der Waals surface area contributed by atoms with Gasteiger partial charge in [-0.15, -0.1) is 0 Å². The van der Waals surface area contributed by atoms with Crippen LogP contribution in [0.3, 0.4) is 0 Å². The number of carbonyl (C=O) groups excluding carboxylic acids is 1. The third-order valence-corrected chi connectivity index (χ3v) is 4.31. The first-order chi connectivity index (χ1) is 10.9. The van der Waals surface area contributed by atoms with Gasteiger partial charge in [0.15, 0.2) is 0 Å². The summed E-state index contributed by atoms with van der Waals surface area (Å²) in [5.74, 6) is -1.18. The van der Waals surface area contributed by atoms with Crippen LogP contribution in [0.25, 0.3) is 0 Å². The van der Waals surface area contributed by atoms with E-state index < -0.39 is 11.5 Å². The molecular formula is C17H16ClNO4. The molecule has 0 saturated heterocycles. The van der Waals surface area contributed by atoms with E-state index in [0.717, 1.165) is 18.4 Å². The highest BCUT2D eigenvalue weighted by Crippen LogP contribution is 2.46. The number of benzene rings is 1. The van der Waals surface area contributed by atoms with Crippen molar-refractivity contribution < 1.29 is 19.1 Å². The summed E-state index contributed by atoms with van der Waals surface area (Å²) >= 11 is 6.03. The Morgan fingerprint density at radius 1 is 1.39 bits per heavy atom. The molecule has 1 aromatic carbocycles. The van der Waals surface area contributed by atoms with E-state index in [2.05, 4.69) is 5.32 Å². The van der Waals surface area contributed by atoms with Gasteiger partial charge in [-0.25, -0.2) is 0 Å². The predicted octanol–water partition coefficient (Wildman–Crippen LogP) is 3.29. The van der Waals surface area contributed by atoms with Gasteiger partial charge in [0, 0.05) is 10.6 Å². The number of rotatable bonds is 5. The third kappa shape index (κ3) is 3.10. The molecule has 1 heterocycles. The molecule has 120 valence electrons. The summed E-state index contributed by atoms with van der Waals surface area (Å²) in [6.45, 7) is 1.72. The summed E-state index contributed by atoms with van der Waals surface area (Å²) in [4.78, 5) is 23.5. The molecule has 1 amide bonds. The molecule has 6 heteroatoms. The van der Waals surface area contributed by atoms with Gasteiger partial charge >= 0.3 is 5.97 Å². The number of amides is 1. The molecule has 0 unspecified atom stereocenters.